The zero-order valence-corrected chi connectivity index (χ0v) is 12.4. The summed E-state index contributed by atoms with van der Waals surface area (Å²) < 4.78 is 0. The summed E-state index contributed by atoms with van der Waals surface area (Å²) in [5, 5.41) is 12.9. The van der Waals surface area contributed by atoms with Crippen molar-refractivity contribution in [2.45, 2.75) is 25.9 Å². The molecule has 1 heterocycles. The van der Waals surface area contributed by atoms with E-state index in [2.05, 4.69) is 23.2 Å². The minimum absolute atomic E-state index is 0.664. The number of nitrogens with zero attached hydrogens (tertiary/aromatic N) is 1. The molecule has 0 amide bonds. The van der Waals surface area contributed by atoms with Crippen molar-refractivity contribution in [2.24, 2.45) is 0 Å². The minimum atomic E-state index is -0.843. The molecule has 0 bridgehead atoms. The third-order valence-electron chi connectivity index (χ3n) is 4.10. The highest BCUT2D eigenvalue weighted by molar-refractivity contribution is 5.85. The topological polar surface area (TPSA) is 33.1 Å². The highest BCUT2D eigenvalue weighted by atomic mass is 16.3. The van der Waals surface area contributed by atoms with E-state index in [-0.39, 0.29) is 0 Å². The van der Waals surface area contributed by atoms with Gasteiger partial charge in [0.05, 0.1) is 11.3 Å². The van der Waals surface area contributed by atoms with Gasteiger partial charge in [-0.15, -0.1) is 0 Å². The maximum Gasteiger partial charge on any atom is 0.0872 e. The summed E-state index contributed by atoms with van der Waals surface area (Å²) in [5.41, 5.74) is 1.98. The van der Waals surface area contributed by atoms with Crippen LogP contribution in [0.2, 0.25) is 0 Å². The van der Waals surface area contributed by atoms with E-state index in [4.69, 9.17) is 0 Å². The molecule has 3 aromatic rings. The first kappa shape index (κ1) is 13.8. The summed E-state index contributed by atoms with van der Waals surface area (Å²) in [6, 6.07) is 18.2. The molecule has 106 valence electrons. The molecular weight excluding hydrogens is 258 g/mol. The van der Waals surface area contributed by atoms with Crippen molar-refractivity contribution in [2.75, 3.05) is 0 Å². The fourth-order valence-electron chi connectivity index (χ4n) is 2.60. The van der Waals surface area contributed by atoms with E-state index in [9.17, 15) is 5.11 Å². The largest absolute Gasteiger partial charge is 0.385 e. The number of rotatable bonds is 3. The molecular formula is C19H19NO. The van der Waals surface area contributed by atoms with E-state index >= 15 is 0 Å². The van der Waals surface area contributed by atoms with Crippen LogP contribution in [-0.2, 0) is 5.60 Å². The summed E-state index contributed by atoms with van der Waals surface area (Å²) in [7, 11) is 0. The van der Waals surface area contributed by atoms with Crippen LogP contribution in [0.1, 0.15) is 25.8 Å². The molecule has 2 aromatic carbocycles. The minimum Gasteiger partial charge on any atom is -0.385 e. The van der Waals surface area contributed by atoms with E-state index in [0.29, 0.717) is 6.42 Å². The number of hydrogen-bond acceptors (Lipinski definition) is 2. The molecule has 0 aliphatic rings. The van der Waals surface area contributed by atoms with Crippen molar-refractivity contribution in [1.82, 2.24) is 4.98 Å². The van der Waals surface area contributed by atoms with Crippen LogP contribution in [0.4, 0.5) is 0 Å². The maximum atomic E-state index is 10.6. The lowest BCUT2D eigenvalue weighted by Crippen LogP contribution is -2.20. The fourth-order valence-corrected chi connectivity index (χ4v) is 2.60. The van der Waals surface area contributed by atoms with Crippen molar-refractivity contribution >= 4 is 10.8 Å². The van der Waals surface area contributed by atoms with Gasteiger partial charge in [0, 0.05) is 17.1 Å². The number of aromatic nitrogens is 1. The van der Waals surface area contributed by atoms with E-state index < -0.39 is 5.60 Å². The second-order valence-corrected chi connectivity index (χ2v) is 5.59. The van der Waals surface area contributed by atoms with Gasteiger partial charge in [-0.05, 0) is 30.4 Å². The van der Waals surface area contributed by atoms with Crippen molar-refractivity contribution in [1.29, 1.82) is 0 Å². The predicted octanol–water partition coefficient (Wildman–Crippen LogP) is 4.52. The van der Waals surface area contributed by atoms with Crippen LogP contribution in [0.5, 0.6) is 0 Å². The standard InChI is InChI=1S/C19H19NO/c1-3-19(2,21)17-11-7-6-10-16(17)18-12-14-8-4-5-9-15(14)13-20-18/h4-13,21H,3H2,1-2H3. The molecule has 1 aromatic heterocycles. The Balaban J connectivity index is 2.19. The average molecular weight is 277 g/mol. The van der Waals surface area contributed by atoms with E-state index in [0.717, 1.165) is 27.6 Å². The van der Waals surface area contributed by atoms with E-state index in [1.165, 1.54) is 0 Å². The molecule has 0 radical (unpaired) electrons. The van der Waals surface area contributed by atoms with Crippen LogP contribution < -0.4 is 0 Å². The first-order valence-corrected chi connectivity index (χ1v) is 7.29. The van der Waals surface area contributed by atoms with Crippen molar-refractivity contribution in [3.63, 3.8) is 0 Å². The van der Waals surface area contributed by atoms with Gasteiger partial charge in [-0.1, -0.05) is 55.5 Å². The first-order chi connectivity index (χ1) is 10.1. The van der Waals surface area contributed by atoms with Crippen LogP contribution in [0.25, 0.3) is 22.0 Å². The van der Waals surface area contributed by atoms with Gasteiger partial charge in [0.25, 0.3) is 0 Å². The lowest BCUT2D eigenvalue weighted by Gasteiger charge is -2.24. The normalized spacial score (nSPS) is 14.0. The first-order valence-electron chi connectivity index (χ1n) is 7.29. The average Bonchev–Trinajstić information content (AvgIpc) is 2.54. The van der Waals surface area contributed by atoms with Gasteiger partial charge < -0.3 is 5.11 Å². The molecule has 0 fully saturated rings. The smallest absolute Gasteiger partial charge is 0.0872 e. The summed E-state index contributed by atoms with van der Waals surface area (Å²) in [6.07, 6.45) is 2.56. The number of pyridine rings is 1. The van der Waals surface area contributed by atoms with E-state index in [1.54, 1.807) is 0 Å². The van der Waals surface area contributed by atoms with E-state index in [1.807, 2.05) is 56.4 Å². The molecule has 21 heavy (non-hydrogen) atoms. The molecule has 1 atom stereocenters. The molecule has 0 aliphatic carbocycles. The lowest BCUT2D eigenvalue weighted by molar-refractivity contribution is 0.0536. The van der Waals surface area contributed by atoms with Crippen LogP contribution >= 0.6 is 0 Å². The Morgan fingerprint density at radius 3 is 2.43 bits per heavy atom. The molecule has 3 rings (SSSR count). The summed E-state index contributed by atoms with van der Waals surface area (Å²) in [6.45, 7) is 3.84. The van der Waals surface area contributed by atoms with Crippen molar-refractivity contribution in [3.8, 4) is 11.3 Å². The van der Waals surface area contributed by atoms with Gasteiger partial charge >= 0.3 is 0 Å². The number of aliphatic hydroxyl groups is 1. The monoisotopic (exact) mass is 277 g/mol. The highest BCUT2D eigenvalue weighted by Gasteiger charge is 2.24. The quantitative estimate of drug-likeness (QED) is 0.763. The third-order valence-corrected chi connectivity index (χ3v) is 4.10. The zero-order valence-electron chi connectivity index (χ0n) is 12.4. The maximum absolute atomic E-state index is 10.6. The van der Waals surface area contributed by atoms with Crippen molar-refractivity contribution < 1.29 is 5.11 Å². The number of fused-ring (bicyclic) bond motifs is 1. The van der Waals surface area contributed by atoms with Crippen LogP contribution in [0.3, 0.4) is 0 Å². The third kappa shape index (κ3) is 2.55. The zero-order chi connectivity index (χ0) is 14.9. The predicted molar refractivity (Wildman–Crippen MR) is 87.0 cm³/mol. The fraction of sp³-hybridized carbons (Fsp3) is 0.211. The van der Waals surface area contributed by atoms with Crippen LogP contribution in [0.15, 0.2) is 60.8 Å². The molecule has 0 saturated carbocycles. The molecule has 2 nitrogen and oxygen atoms in total. The Morgan fingerprint density at radius 2 is 1.67 bits per heavy atom. The second kappa shape index (κ2) is 5.30. The Hall–Kier alpha value is -2.19. The molecule has 0 spiro atoms. The Bertz CT molecular complexity index is 777. The van der Waals surface area contributed by atoms with Gasteiger partial charge in [-0.2, -0.15) is 0 Å². The molecule has 1 unspecified atom stereocenters. The Labute approximate surface area is 125 Å². The Kier molecular flexibility index (Phi) is 3.48. The van der Waals surface area contributed by atoms with Gasteiger partial charge in [0.2, 0.25) is 0 Å². The lowest BCUT2D eigenvalue weighted by atomic mass is 9.88. The molecule has 0 aliphatic heterocycles. The number of hydrogen-bond donors (Lipinski definition) is 1. The molecule has 1 N–H and O–H groups in total. The van der Waals surface area contributed by atoms with Crippen molar-refractivity contribution in [3.05, 3.63) is 66.4 Å². The van der Waals surface area contributed by atoms with Crippen LogP contribution in [-0.4, -0.2) is 10.1 Å². The van der Waals surface area contributed by atoms with Gasteiger partial charge in [-0.25, -0.2) is 0 Å². The Morgan fingerprint density at radius 1 is 1.00 bits per heavy atom. The van der Waals surface area contributed by atoms with Crippen LogP contribution in [0, 0.1) is 0 Å². The van der Waals surface area contributed by atoms with Gasteiger partial charge in [0.15, 0.2) is 0 Å². The molecule has 2 heteroatoms. The molecule has 0 saturated heterocycles. The second-order valence-electron chi connectivity index (χ2n) is 5.59. The summed E-state index contributed by atoms with van der Waals surface area (Å²) in [5.74, 6) is 0. The summed E-state index contributed by atoms with van der Waals surface area (Å²) >= 11 is 0. The summed E-state index contributed by atoms with van der Waals surface area (Å²) in [4.78, 5) is 4.57. The van der Waals surface area contributed by atoms with Gasteiger partial charge in [-0.3, -0.25) is 4.98 Å². The SMILES string of the molecule is CCC(C)(O)c1ccccc1-c1cc2ccccc2cn1. The highest BCUT2D eigenvalue weighted by Crippen LogP contribution is 2.33. The van der Waals surface area contributed by atoms with Gasteiger partial charge in [0.1, 0.15) is 0 Å². The number of benzene rings is 2.